The van der Waals surface area contributed by atoms with Gasteiger partial charge in [-0.2, -0.15) is 0 Å². The number of pyridine rings is 1. The Hall–Kier alpha value is -1.97. The zero-order valence-corrected chi connectivity index (χ0v) is 11.6. The van der Waals surface area contributed by atoms with E-state index >= 15 is 0 Å². The van der Waals surface area contributed by atoms with Gasteiger partial charge in [0, 0.05) is 6.20 Å². The molecular weight excluding hydrogens is 240 g/mol. The fourth-order valence-corrected chi connectivity index (χ4v) is 1.87. The third kappa shape index (κ3) is 3.50. The summed E-state index contributed by atoms with van der Waals surface area (Å²) in [6, 6.07) is 7.85. The van der Waals surface area contributed by atoms with Gasteiger partial charge < -0.3 is 14.5 Å². The summed E-state index contributed by atoms with van der Waals surface area (Å²) in [6.45, 7) is 6.09. The Bertz CT molecular complexity index is 495. The monoisotopic (exact) mass is 260 g/mol. The first-order chi connectivity index (χ1) is 9.20. The minimum absolute atomic E-state index is 0.0964. The molecule has 0 radical (unpaired) electrons. The molecular formula is C15H20N2O2. The third-order valence-electron chi connectivity index (χ3n) is 2.74. The quantitative estimate of drug-likeness (QED) is 0.852. The Morgan fingerprint density at radius 1 is 1.32 bits per heavy atom. The topological polar surface area (TPSA) is 47.3 Å². The summed E-state index contributed by atoms with van der Waals surface area (Å²) in [4.78, 5) is 4.27. The van der Waals surface area contributed by atoms with E-state index in [4.69, 9.17) is 9.15 Å². The maximum Gasteiger partial charge on any atom is 0.237 e. The molecule has 0 amide bonds. The van der Waals surface area contributed by atoms with Crippen molar-refractivity contribution in [2.75, 3.05) is 5.32 Å². The highest BCUT2D eigenvalue weighted by Crippen LogP contribution is 2.28. The number of anilines is 1. The normalized spacial score (nSPS) is 12.4. The van der Waals surface area contributed by atoms with Crippen molar-refractivity contribution in [1.29, 1.82) is 0 Å². The average Bonchev–Trinajstić information content (AvgIpc) is 2.91. The predicted octanol–water partition coefficient (Wildman–Crippen LogP) is 4.03. The van der Waals surface area contributed by atoms with Crippen LogP contribution < -0.4 is 10.1 Å². The molecule has 0 aliphatic heterocycles. The molecule has 1 atom stereocenters. The molecule has 2 aromatic rings. The van der Waals surface area contributed by atoms with Crippen LogP contribution in [0.4, 0.5) is 5.69 Å². The molecule has 4 heteroatoms. The van der Waals surface area contributed by atoms with Crippen molar-refractivity contribution >= 4 is 5.69 Å². The van der Waals surface area contributed by atoms with E-state index in [9.17, 15) is 0 Å². The fraction of sp³-hybridized carbons (Fsp3) is 0.400. The smallest absolute Gasteiger partial charge is 0.237 e. The molecule has 102 valence electrons. The zero-order chi connectivity index (χ0) is 13.7. The lowest BCUT2D eigenvalue weighted by Gasteiger charge is -2.19. The first-order valence-corrected chi connectivity index (χ1v) is 6.62. The molecule has 19 heavy (non-hydrogen) atoms. The van der Waals surface area contributed by atoms with Gasteiger partial charge in [0.25, 0.3) is 0 Å². The van der Waals surface area contributed by atoms with E-state index in [1.165, 1.54) is 0 Å². The van der Waals surface area contributed by atoms with E-state index in [1.54, 1.807) is 12.5 Å². The Labute approximate surface area is 113 Å². The van der Waals surface area contributed by atoms with E-state index < -0.39 is 0 Å². The van der Waals surface area contributed by atoms with Crippen LogP contribution in [0, 0.1) is 0 Å². The van der Waals surface area contributed by atoms with Gasteiger partial charge in [0.1, 0.15) is 5.76 Å². The second-order valence-electron chi connectivity index (χ2n) is 4.64. The number of aromatic nitrogens is 1. The second kappa shape index (κ2) is 6.27. The lowest BCUT2D eigenvalue weighted by atomic mass is 10.1. The maximum atomic E-state index is 5.70. The van der Waals surface area contributed by atoms with Crippen LogP contribution in [0.15, 0.2) is 41.1 Å². The number of nitrogens with zero attached hydrogens (tertiary/aromatic N) is 1. The SMILES string of the molecule is CCC(Nc1cccnc1OC(C)C)c1ccco1. The minimum Gasteiger partial charge on any atom is -0.473 e. The first kappa shape index (κ1) is 13.5. The molecule has 2 aromatic heterocycles. The standard InChI is InChI=1S/C15H20N2O2/c1-4-12(14-8-6-10-18-14)17-13-7-5-9-16-15(13)19-11(2)3/h5-12,17H,4H2,1-3H3. The number of rotatable bonds is 6. The number of furan rings is 1. The van der Waals surface area contributed by atoms with Gasteiger partial charge in [-0.3, -0.25) is 0 Å². The van der Waals surface area contributed by atoms with Crippen LogP contribution >= 0.6 is 0 Å². The number of nitrogens with one attached hydrogen (secondary N) is 1. The van der Waals surface area contributed by atoms with Gasteiger partial charge in [0.05, 0.1) is 24.1 Å². The van der Waals surface area contributed by atoms with E-state index in [-0.39, 0.29) is 12.1 Å². The Kier molecular flexibility index (Phi) is 4.44. The summed E-state index contributed by atoms with van der Waals surface area (Å²) in [7, 11) is 0. The average molecular weight is 260 g/mol. The third-order valence-corrected chi connectivity index (χ3v) is 2.74. The van der Waals surface area contributed by atoms with Crippen molar-refractivity contribution < 1.29 is 9.15 Å². The van der Waals surface area contributed by atoms with Gasteiger partial charge >= 0.3 is 0 Å². The summed E-state index contributed by atoms with van der Waals surface area (Å²) >= 11 is 0. The summed E-state index contributed by atoms with van der Waals surface area (Å²) in [5.74, 6) is 1.55. The largest absolute Gasteiger partial charge is 0.473 e. The first-order valence-electron chi connectivity index (χ1n) is 6.62. The Morgan fingerprint density at radius 3 is 2.79 bits per heavy atom. The van der Waals surface area contributed by atoms with Crippen molar-refractivity contribution in [3.63, 3.8) is 0 Å². The molecule has 1 unspecified atom stereocenters. The van der Waals surface area contributed by atoms with Crippen LogP contribution in [0.5, 0.6) is 5.88 Å². The van der Waals surface area contributed by atoms with Gasteiger partial charge in [0.15, 0.2) is 0 Å². The fourth-order valence-electron chi connectivity index (χ4n) is 1.87. The van der Waals surface area contributed by atoms with Crippen molar-refractivity contribution in [3.8, 4) is 5.88 Å². The molecule has 2 heterocycles. The lowest BCUT2D eigenvalue weighted by Crippen LogP contribution is -2.13. The van der Waals surface area contributed by atoms with Gasteiger partial charge in [0.2, 0.25) is 5.88 Å². The predicted molar refractivity (Wildman–Crippen MR) is 75.4 cm³/mol. The lowest BCUT2D eigenvalue weighted by molar-refractivity contribution is 0.233. The summed E-state index contributed by atoms with van der Waals surface area (Å²) in [6.07, 6.45) is 4.44. The van der Waals surface area contributed by atoms with Gasteiger partial charge in [-0.15, -0.1) is 0 Å². The van der Waals surface area contributed by atoms with Gasteiger partial charge in [-0.25, -0.2) is 4.98 Å². The highest BCUT2D eigenvalue weighted by atomic mass is 16.5. The van der Waals surface area contributed by atoms with E-state index in [0.29, 0.717) is 5.88 Å². The minimum atomic E-state index is 0.0964. The van der Waals surface area contributed by atoms with Crippen LogP contribution in [0.3, 0.4) is 0 Å². The van der Waals surface area contributed by atoms with E-state index in [2.05, 4.69) is 17.2 Å². The molecule has 0 aliphatic carbocycles. The molecule has 0 saturated carbocycles. The number of hydrogen-bond acceptors (Lipinski definition) is 4. The highest BCUT2D eigenvalue weighted by Gasteiger charge is 2.15. The van der Waals surface area contributed by atoms with Crippen molar-refractivity contribution in [2.45, 2.75) is 39.3 Å². The maximum absolute atomic E-state index is 5.70. The molecule has 0 spiro atoms. The second-order valence-corrected chi connectivity index (χ2v) is 4.64. The number of ether oxygens (including phenoxy) is 1. The van der Waals surface area contributed by atoms with Crippen molar-refractivity contribution in [1.82, 2.24) is 4.98 Å². The summed E-state index contributed by atoms with van der Waals surface area (Å²) in [5.41, 5.74) is 0.888. The zero-order valence-electron chi connectivity index (χ0n) is 11.6. The highest BCUT2D eigenvalue weighted by molar-refractivity contribution is 5.53. The molecule has 1 N–H and O–H groups in total. The molecule has 0 bridgehead atoms. The molecule has 0 saturated heterocycles. The summed E-state index contributed by atoms with van der Waals surface area (Å²) in [5, 5.41) is 3.42. The van der Waals surface area contributed by atoms with Gasteiger partial charge in [-0.05, 0) is 44.5 Å². The molecule has 4 nitrogen and oxygen atoms in total. The van der Waals surface area contributed by atoms with Crippen LogP contribution in [-0.4, -0.2) is 11.1 Å². The van der Waals surface area contributed by atoms with Gasteiger partial charge in [-0.1, -0.05) is 6.92 Å². The van der Waals surface area contributed by atoms with E-state index in [0.717, 1.165) is 17.9 Å². The van der Waals surface area contributed by atoms with Crippen LogP contribution in [0.1, 0.15) is 39.0 Å². The Morgan fingerprint density at radius 2 is 2.16 bits per heavy atom. The van der Waals surface area contributed by atoms with Crippen LogP contribution in [0.25, 0.3) is 0 Å². The van der Waals surface area contributed by atoms with Crippen molar-refractivity contribution in [3.05, 3.63) is 42.5 Å². The molecule has 2 rings (SSSR count). The summed E-state index contributed by atoms with van der Waals surface area (Å²) < 4.78 is 11.2. The van der Waals surface area contributed by atoms with Crippen LogP contribution in [0.2, 0.25) is 0 Å². The molecule has 0 aliphatic rings. The van der Waals surface area contributed by atoms with Crippen molar-refractivity contribution in [2.24, 2.45) is 0 Å². The van der Waals surface area contributed by atoms with Crippen LogP contribution in [-0.2, 0) is 0 Å². The Balaban J connectivity index is 2.17. The van der Waals surface area contributed by atoms with E-state index in [1.807, 2.05) is 38.1 Å². The molecule has 0 aromatic carbocycles. The molecule has 0 fully saturated rings. The number of hydrogen-bond donors (Lipinski definition) is 1.